The van der Waals surface area contributed by atoms with E-state index in [1.165, 1.54) is 0 Å². The minimum absolute atomic E-state index is 0.405. The molecule has 146 valence electrons. The molecule has 1 amide bonds. The molecule has 0 bridgehead atoms. The highest BCUT2D eigenvalue weighted by molar-refractivity contribution is 6.05. The van der Waals surface area contributed by atoms with Crippen LogP contribution in [0.5, 0.6) is 0 Å². The Labute approximate surface area is 168 Å². The molecule has 0 unspecified atom stereocenters. The van der Waals surface area contributed by atoms with Gasteiger partial charge in [0, 0.05) is 26.0 Å². The van der Waals surface area contributed by atoms with E-state index in [1.807, 2.05) is 43.3 Å². The van der Waals surface area contributed by atoms with E-state index in [0.29, 0.717) is 34.8 Å². The van der Waals surface area contributed by atoms with Crippen molar-refractivity contribution in [3.05, 3.63) is 72.1 Å². The summed E-state index contributed by atoms with van der Waals surface area (Å²) in [6.45, 7) is 0.629. The van der Waals surface area contributed by atoms with Gasteiger partial charge in [-0.05, 0) is 17.7 Å². The van der Waals surface area contributed by atoms with E-state index in [-0.39, 0.29) is 0 Å². The maximum Gasteiger partial charge on any atom is 0.253 e. The molecule has 0 atom stereocenters. The van der Waals surface area contributed by atoms with E-state index >= 15 is 0 Å². The Bertz CT molecular complexity index is 1170. The van der Waals surface area contributed by atoms with Crippen molar-refractivity contribution in [2.75, 3.05) is 24.3 Å². The van der Waals surface area contributed by atoms with Gasteiger partial charge in [0.1, 0.15) is 0 Å². The Kier molecular flexibility index (Phi) is 4.82. The largest absolute Gasteiger partial charge is 0.373 e. The van der Waals surface area contributed by atoms with Gasteiger partial charge in [-0.25, -0.2) is 4.98 Å². The molecule has 4 aromatic rings. The Morgan fingerprint density at radius 1 is 1.10 bits per heavy atom. The van der Waals surface area contributed by atoms with Crippen LogP contribution in [-0.2, 0) is 6.54 Å². The fourth-order valence-corrected chi connectivity index (χ4v) is 3.13. The SMILES string of the molecule is CN(C)c1cnc(-n2ncc3c(C(N)=O)cccc32)nc1NCc1ccccc1. The van der Waals surface area contributed by atoms with Crippen LogP contribution in [0.25, 0.3) is 16.9 Å². The lowest BCUT2D eigenvalue weighted by Gasteiger charge is -2.18. The number of anilines is 2. The molecule has 8 heteroatoms. The third-order valence-electron chi connectivity index (χ3n) is 4.61. The third kappa shape index (κ3) is 3.60. The normalized spacial score (nSPS) is 10.8. The minimum atomic E-state index is -0.496. The number of amides is 1. The Balaban J connectivity index is 1.74. The summed E-state index contributed by atoms with van der Waals surface area (Å²) in [5.41, 5.74) is 8.62. The van der Waals surface area contributed by atoms with E-state index in [0.717, 1.165) is 11.3 Å². The minimum Gasteiger partial charge on any atom is -0.373 e. The van der Waals surface area contributed by atoms with Crippen LogP contribution < -0.4 is 16.0 Å². The van der Waals surface area contributed by atoms with Crippen LogP contribution >= 0.6 is 0 Å². The summed E-state index contributed by atoms with van der Waals surface area (Å²) in [7, 11) is 3.88. The number of primary amides is 1. The number of benzene rings is 2. The van der Waals surface area contributed by atoms with Crippen LogP contribution in [-0.4, -0.2) is 39.8 Å². The fourth-order valence-electron chi connectivity index (χ4n) is 3.13. The maximum absolute atomic E-state index is 11.7. The molecule has 0 fully saturated rings. The molecule has 2 aromatic heterocycles. The van der Waals surface area contributed by atoms with Crippen LogP contribution in [0.2, 0.25) is 0 Å². The van der Waals surface area contributed by atoms with Crippen molar-refractivity contribution in [1.82, 2.24) is 19.7 Å². The van der Waals surface area contributed by atoms with Gasteiger partial charge in [0.15, 0.2) is 5.82 Å². The van der Waals surface area contributed by atoms with Gasteiger partial charge in [-0.2, -0.15) is 14.8 Å². The van der Waals surface area contributed by atoms with Crippen LogP contribution in [0.4, 0.5) is 11.5 Å². The van der Waals surface area contributed by atoms with Crippen molar-refractivity contribution in [3.8, 4) is 5.95 Å². The smallest absolute Gasteiger partial charge is 0.253 e. The van der Waals surface area contributed by atoms with E-state index in [1.54, 1.807) is 29.2 Å². The van der Waals surface area contributed by atoms with Crippen molar-refractivity contribution < 1.29 is 4.79 Å². The highest BCUT2D eigenvalue weighted by Crippen LogP contribution is 2.25. The molecule has 0 saturated heterocycles. The van der Waals surface area contributed by atoms with E-state index in [9.17, 15) is 4.79 Å². The number of carbonyl (C=O) groups is 1. The van der Waals surface area contributed by atoms with E-state index in [2.05, 4.69) is 27.5 Å². The second-order valence-corrected chi connectivity index (χ2v) is 6.80. The van der Waals surface area contributed by atoms with Gasteiger partial charge in [-0.15, -0.1) is 0 Å². The van der Waals surface area contributed by atoms with Crippen molar-refractivity contribution in [1.29, 1.82) is 0 Å². The zero-order chi connectivity index (χ0) is 20.4. The maximum atomic E-state index is 11.7. The molecule has 0 aliphatic rings. The lowest BCUT2D eigenvalue weighted by Crippen LogP contribution is -2.16. The van der Waals surface area contributed by atoms with Crippen LogP contribution in [0, 0.1) is 0 Å². The van der Waals surface area contributed by atoms with Crippen molar-refractivity contribution in [3.63, 3.8) is 0 Å². The molecule has 0 spiro atoms. The Hall–Kier alpha value is -3.94. The standard InChI is InChI=1S/C21H21N7O/c1-27(2)18-13-24-21(26-20(18)23-11-14-7-4-3-5-8-14)28-17-10-6-9-15(19(22)29)16(17)12-25-28/h3-10,12-13H,11H2,1-2H3,(H2,22,29)(H,23,24,26). The summed E-state index contributed by atoms with van der Waals surface area (Å²) in [4.78, 5) is 22.8. The molecule has 3 N–H and O–H groups in total. The van der Waals surface area contributed by atoms with Crippen LogP contribution in [0.15, 0.2) is 60.9 Å². The number of nitrogens with one attached hydrogen (secondary N) is 1. The van der Waals surface area contributed by atoms with Crippen molar-refractivity contribution >= 4 is 28.3 Å². The quantitative estimate of drug-likeness (QED) is 0.527. The number of hydrogen-bond donors (Lipinski definition) is 2. The lowest BCUT2D eigenvalue weighted by atomic mass is 10.1. The summed E-state index contributed by atoms with van der Waals surface area (Å²) < 4.78 is 1.61. The topological polar surface area (TPSA) is 102 Å². The third-order valence-corrected chi connectivity index (χ3v) is 4.61. The summed E-state index contributed by atoms with van der Waals surface area (Å²) in [6.07, 6.45) is 3.36. The average Bonchev–Trinajstić information content (AvgIpc) is 3.16. The monoisotopic (exact) mass is 387 g/mol. The summed E-state index contributed by atoms with van der Waals surface area (Å²) >= 11 is 0. The number of nitrogens with two attached hydrogens (primary N) is 1. The Morgan fingerprint density at radius 3 is 2.62 bits per heavy atom. The number of nitrogens with zero attached hydrogens (tertiary/aromatic N) is 5. The van der Waals surface area contributed by atoms with Gasteiger partial charge >= 0.3 is 0 Å². The highest BCUT2D eigenvalue weighted by atomic mass is 16.1. The molecule has 2 aromatic carbocycles. The van der Waals surface area contributed by atoms with Crippen molar-refractivity contribution in [2.45, 2.75) is 6.54 Å². The van der Waals surface area contributed by atoms with Crippen molar-refractivity contribution in [2.24, 2.45) is 5.73 Å². The summed E-state index contributed by atoms with van der Waals surface area (Å²) in [5.74, 6) is 0.602. The van der Waals surface area contributed by atoms with Gasteiger partial charge in [-0.1, -0.05) is 36.4 Å². The van der Waals surface area contributed by atoms with Gasteiger partial charge < -0.3 is 16.0 Å². The number of aromatic nitrogens is 4. The predicted molar refractivity (Wildman–Crippen MR) is 113 cm³/mol. The van der Waals surface area contributed by atoms with Gasteiger partial charge in [0.05, 0.1) is 29.2 Å². The first kappa shape index (κ1) is 18.4. The average molecular weight is 387 g/mol. The number of carbonyl (C=O) groups excluding carboxylic acids is 1. The lowest BCUT2D eigenvalue weighted by molar-refractivity contribution is 0.100. The molecule has 0 saturated carbocycles. The van der Waals surface area contributed by atoms with Crippen LogP contribution in [0.3, 0.4) is 0 Å². The second-order valence-electron chi connectivity index (χ2n) is 6.80. The highest BCUT2D eigenvalue weighted by Gasteiger charge is 2.15. The molecule has 0 radical (unpaired) electrons. The first-order chi connectivity index (χ1) is 14.0. The number of hydrogen-bond acceptors (Lipinski definition) is 6. The summed E-state index contributed by atoms with van der Waals surface area (Å²) in [5, 5.41) is 8.43. The second kappa shape index (κ2) is 7.59. The summed E-state index contributed by atoms with van der Waals surface area (Å²) in [6, 6.07) is 15.4. The van der Waals surface area contributed by atoms with E-state index < -0.39 is 5.91 Å². The van der Waals surface area contributed by atoms with Gasteiger partial charge in [-0.3, -0.25) is 4.79 Å². The molecule has 0 aliphatic carbocycles. The van der Waals surface area contributed by atoms with Gasteiger partial charge in [0.25, 0.3) is 5.95 Å². The fraction of sp³-hybridized carbons (Fsp3) is 0.143. The molecule has 8 nitrogen and oxygen atoms in total. The molecular weight excluding hydrogens is 366 g/mol. The number of rotatable bonds is 6. The molecule has 0 aliphatic heterocycles. The predicted octanol–water partition coefficient (Wildman–Crippen LogP) is 2.59. The van der Waals surface area contributed by atoms with E-state index in [4.69, 9.17) is 10.7 Å². The van der Waals surface area contributed by atoms with Gasteiger partial charge in [0.2, 0.25) is 5.91 Å². The first-order valence-electron chi connectivity index (χ1n) is 9.13. The molecule has 2 heterocycles. The molecule has 29 heavy (non-hydrogen) atoms. The first-order valence-corrected chi connectivity index (χ1v) is 9.13. The zero-order valence-electron chi connectivity index (χ0n) is 16.2. The van der Waals surface area contributed by atoms with Crippen LogP contribution in [0.1, 0.15) is 15.9 Å². The molecular formula is C21H21N7O. The number of fused-ring (bicyclic) bond motifs is 1. The Morgan fingerprint density at radius 2 is 1.90 bits per heavy atom. The molecule has 4 rings (SSSR count). The zero-order valence-corrected chi connectivity index (χ0v) is 16.2.